The molecule has 0 radical (unpaired) electrons. The first-order valence-electron chi connectivity index (χ1n) is 6.13. The fraction of sp³-hybridized carbons (Fsp3) is 0.214. The summed E-state index contributed by atoms with van der Waals surface area (Å²) in [5.74, 6) is 1.52. The molecule has 2 aromatic heterocycles. The Labute approximate surface area is 111 Å². The number of aromatic nitrogens is 4. The summed E-state index contributed by atoms with van der Waals surface area (Å²) < 4.78 is 1.75. The molecule has 1 aromatic carbocycles. The van der Waals surface area contributed by atoms with Crippen LogP contribution in [0.2, 0.25) is 0 Å². The third-order valence-corrected chi connectivity index (χ3v) is 3.02. The van der Waals surface area contributed by atoms with E-state index in [1.54, 1.807) is 10.9 Å². The highest BCUT2D eigenvalue weighted by Crippen LogP contribution is 2.23. The highest BCUT2D eigenvalue weighted by molar-refractivity contribution is 5.88. The van der Waals surface area contributed by atoms with Gasteiger partial charge in [0.2, 0.25) is 0 Å². The number of rotatable bonds is 2. The van der Waals surface area contributed by atoms with Crippen molar-refractivity contribution in [2.75, 3.05) is 5.32 Å². The maximum Gasteiger partial charge on any atom is 0.163 e. The lowest BCUT2D eigenvalue weighted by Crippen LogP contribution is -2.00. The fourth-order valence-corrected chi connectivity index (χ4v) is 2.00. The van der Waals surface area contributed by atoms with Gasteiger partial charge in [0, 0.05) is 12.7 Å². The molecule has 0 aliphatic heterocycles. The van der Waals surface area contributed by atoms with Gasteiger partial charge in [0.1, 0.15) is 11.6 Å². The molecule has 5 nitrogen and oxygen atoms in total. The average Bonchev–Trinajstić information content (AvgIpc) is 2.74. The molecule has 0 saturated carbocycles. The van der Waals surface area contributed by atoms with Gasteiger partial charge in [0.25, 0.3) is 0 Å². The number of anilines is 2. The standard InChI is InChI=1S/C14H15N5/c1-9-4-6-11(7-5-9)18-13-12-8-15-19(3)14(12)17-10(2)16-13/h4-8H,1-3H3,(H,16,17,18). The third-order valence-electron chi connectivity index (χ3n) is 3.02. The van der Waals surface area contributed by atoms with Crippen LogP contribution < -0.4 is 5.32 Å². The summed E-state index contributed by atoms with van der Waals surface area (Å²) in [7, 11) is 1.88. The SMILES string of the molecule is Cc1ccc(Nc2nc(C)nc3c2cnn3C)cc1. The Hall–Kier alpha value is -2.43. The molecule has 0 unspecified atom stereocenters. The van der Waals surface area contributed by atoms with Crippen molar-refractivity contribution in [3.05, 3.63) is 41.9 Å². The van der Waals surface area contributed by atoms with Gasteiger partial charge in [-0.2, -0.15) is 5.10 Å². The molecule has 5 heteroatoms. The van der Waals surface area contributed by atoms with Crippen LogP contribution in [0.4, 0.5) is 11.5 Å². The van der Waals surface area contributed by atoms with Crippen LogP contribution in [0, 0.1) is 13.8 Å². The topological polar surface area (TPSA) is 55.6 Å². The van der Waals surface area contributed by atoms with E-state index in [1.807, 2.05) is 26.1 Å². The van der Waals surface area contributed by atoms with E-state index < -0.39 is 0 Å². The molecule has 3 rings (SSSR count). The maximum atomic E-state index is 4.46. The number of aryl methyl sites for hydroxylation is 3. The molecule has 19 heavy (non-hydrogen) atoms. The van der Waals surface area contributed by atoms with Gasteiger partial charge >= 0.3 is 0 Å². The molecule has 0 aliphatic rings. The number of hydrogen-bond acceptors (Lipinski definition) is 4. The van der Waals surface area contributed by atoms with Gasteiger partial charge < -0.3 is 5.32 Å². The molecule has 0 aliphatic carbocycles. The number of nitrogens with one attached hydrogen (secondary N) is 1. The molecular weight excluding hydrogens is 238 g/mol. The summed E-state index contributed by atoms with van der Waals surface area (Å²) in [4.78, 5) is 8.86. The van der Waals surface area contributed by atoms with E-state index in [1.165, 1.54) is 5.56 Å². The zero-order chi connectivity index (χ0) is 13.4. The first kappa shape index (κ1) is 11.6. The summed E-state index contributed by atoms with van der Waals surface area (Å²) in [6.07, 6.45) is 1.78. The van der Waals surface area contributed by atoms with E-state index >= 15 is 0 Å². The van der Waals surface area contributed by atoms with Crippen LogP contribution in [0.3, 0.4) is 0 Å². The fourth-order valence-electron chi connectivity index (χ4n) is 2.00. The van der Waals surface area contributed by atoms with Crippen molar-refractivity contribution in [2.45, 2.75) is 13.8 Å². The van der Waals surface area contributed by atoms with Crippen LogP contribution in [-0.2, 0) is 7.05 Å². The van der Waals surface area contributed by atoms with Crippen molar-refractivity contribution >= 4 is 22.5 Å². The van der Waals surface area contributed by atoms with Crippen LogP contribution in [0.15, 0.2) is 30.5 Å². The molecular formula is C14H15N5. The van der Waals surface area contributed by atoms with Crippen LogP contribution in [0.25, 0.3) is 11.0 Å². The van der Waals surface area contributed by atoms with E-state index in [4.69, 9.17) is 0 Å². The van der Waals surface area contributed by atoms with Crippen molar-refractivity contribution < 1.29 is 0 Å². The lowest BCUT2D eigenvalue weighted by atomic mass is 10.2. The first-order valence-corrected chi connectivity index (χ1v) is 6.13. The molecule has 1 N–H and O–H groups in total. The Bertz CT molecular complexity index is 727. The summed E-state index contributed by atoms with van der Waals surface area (Å²) >= 11 is 0. The molecule has 0 amide bonds. The summed E-state index contributed by atoms with van der Waals surface area (Å²) in [5.41, 5.74) is 3.08. The minimum Gasteiger partial charge on any atom is -0.340 e. The minimum atomic E-state index is 0.728. The molecule has 3 aromatic rings. The normalized spacial score (nSPS) is 10.9. The predicted octanol–water partition coefficient (Wildman–Crippen LogP) is 2.72. The molecule has 0 fully saturated rings. The largest absolute Gasteiger partial charge is 0.340 e. The molecule has 0 atom stereocenters. The zero-order valence-corrected chi connectivity index (χ0v) is 11.2. The van der Waals surface area contributed by atoms with Gasteiger partial charge in [-0.25, -0.2) is 9.97 Å². The van der Waals surface area contributed by atoms with Gasteiger partial charge in [-0.1, -0.05) is 17.7 Å². The molecule has 0 bridgehead atoms. The zero-order valence-electron chi connectivity index (χ0n) is 11.2. The number of hydrogen-bond donors (Lipinski definition) is 1. The highest BCUT2D eigenvalue weighted by Gasteiger charge is 2.09. The van der Waals surface area contributed by atoms with Gasteiger partial charge in [-0.3, -0.25) is 4.68 Å². The van der Waals surface area contributed by atoms with Crippen molar-refractivity contribution in [2.24, 2.45) is 7.05 Å². The summed E-state index contributed by atoms with van der Waals surface area (Å²) in [5, 5.41) is 8.48. The van der Waals surface area contributed by atoms with Gasteiger partial charge in [0.05, 0.1) is 11.6 Å². The Balaban J connectivity index is 2.07. The first-order chi connectivity index (χ1) is 9.13. The molecule has 0 saturated heterocycles. The van der Waals surface area contributed by atoms with Crippen molar-refractivity contribution in [1.82, 2.24) is 19.7 Å². The van der Waals surface area contributed by atoms with E-state index in [0.29, 0.717) is 0 Å². The summed E-state index contributed by atoms with van der Waals surface area (Å²) in [6.45, 7) is 3.95. The second kappa shape index (κ2) is 4.35. The Morgan fingerprint density at radius 3 is 2.53 bits per heavy atom. The maximum absolute atomic E-state index is 4.46. The number of fused-ring (bicyclic) bond motifs is 1. The monoisotopic (exact) mass is 253 g/mol. The van der Waals surface area contributed by atoms with Crippen LogP contribution in [0.5, 0.6) is 0 Å². The Kier molecular flexibility index (Phi) is 2.67. The second-order valence-corrected chi connectivity index (χ2v) is 4.62. The average molecular weight is 253 g/mol. The van der Waals surface area contributed by atoms with E-state index in [9.17, 15) is 0 Å². The highest BCUT2D eigenvalue weighted by atomic mass is 15.3. The Morgan fingerprint density at radius 2 is 1.79 bits per heavy atom. The number of benzene rings is 1. The van der Waals surface area contributed by atoms with Crippen LogP contribution >= 0.6 is 0 Å². The van der Waals surface area contributed by atoms with E-state index in [2.05, 4.69) is 39.4 Å². The lowest BCUT2D eigenvalue weighted by molar-refractivity contribution is 0.783. The minimum absolute atomic E-state index is 0.728. The van der Waals surface area contributed by atoms with Gasteiger partial charge in [0.15, 0.2) is 5.65 Å². The molecule has 2 heterocycles. The second-order valence-electron chi connectivity index (χ2n) is 4.62. The smallest absolute Gasteiger partial charge is 0.163 e. The third kappa shape index (κ3) is 2.14. The molecule has 96 valence electrons. The van der Waals surface area contributed by atoms with Gasteiger partial charge in [-0.15, -0.1) is 0 Å². The van der Waals surface area contributed by atoms with Crippen molar-refractivity contribution in [3.63, 3.8) is 0 Å². The lowest BCUT2D eigenvalue weighted by Gasteiger charge is -2.07. The predicted molar refractivity (Wildman–Crippen MR) is 75.5 cm³/mol. The van der Waals surface area contributed by atoms with Crippen molar-refractivity contribution in [3.8, 4) is 0 Å². The summed E-state index contributed by atoms with van der Waals surface area (Å²) in [6, 6.07) is 8.21. The van der Waals surface area contributed by atoms with Crippen molar-refractivity contribution in [1.29, 1.82) is 0 Å². The van der Waals surface area contributed by atoms with E-state index in [-0.39, 0.29) is 0 Å². The Morgan fingerprint density at radius 1 is 1.05 bits per heavy atom. The number of nitrogens with zero attached hydrogens (tertiary/aromatic N) is 4. The van der Waals surface area contributed by atoms with Crippen LogP contribution in [0.1, 0.15) is 11.4 Å². The quantitative estimate of drug-likeness (QED) is 0.763. The van der Waals surface area contributed by atoms with Gasteiger partial charge in [-0.05, 0) is 26.0 Å². The van der Waals surface area contributed by atoms with E-state index in [0.717, 1.165) is 28.4 Å². The molecule has 0 spiro atoms. The van der Waals surface area contributed by atoms with Crippen LogP contribution in [-0.4, -0.2) is 19.7 Å².